The van der Waals surface area contributed by atoms with Gasteiger partial charge in [0, 0.05) is 11.8 Å². The molecule has 24 heavy (non-hydrogen) atoms. The third-order valence-electron chi connectivity index (χ3n) is 3.15. The Hall–Kier alpha value is -3.48. The number of nitrogens with zero attached hydrogens (tertiary/aromatic N) is 2. The summed E-state index contributed by atoms with van der Waals surface area (Å²) in [7, 11) is 0. The Morgan fingerprint density at radius 2 is 1.88 bits per heavy atom. The molecule has 0 radical (unpaired) electrons. The van der Waals surface area contributed by atoms with Crippen molar-refractivity contribution >= 4 is 28.5 Å². The van der Waals surface area contributed by atoms with Crippen LogP contribution in [0.25, 0.3) is 11.0 Å². The SMILES string of the molecule is NC(=O)COc1cccc(NC(=O)c2cnc3ccccc3n2)c1. The fourth-order valence-corrected chi connectivity index (χ4v) is 2.08. The zero-order valence-electron chi connectivity index (χ0n) is 12.6. The first-order valence-electron chi connectivity index (χ1n) is 7.16. The molecule has 120 valence electrons. The highest BCUT2D eigenvalue weighted by Gasteiger charge is 2.10. The molecule has 0 aliphatic rings. The quantitative estimate of drug-likeness (QED) is 0.744. The second-order valence-corrected chi connectivity index (χ2v) is 4.98. The zero-order chi connectivity index (χ0) is 16.9. The van der Waals surface area contributed by atoms with E-state index < -0.39 is 5.91 Å². The van der Waals surface area contributed by atoms with Gasteiger partial charge in [0.2, 0.25) is 0 Å². The third-order valence-corrected chi connectivity index (χ3v) is 3.15. The van der Waals surface area contributed by atoms with Crippen LogP contribution in [0.2, 0.25) is 0 Å². The number of benzene rings is 2. The monoisotopic (exact) mass is 322 g/mol. The number of amides is 2. The largest absolute Gasteiger partial charge is 0.484 e. The lowest BCUT2D eigenvalue weighted by molar-refractivity contribution is -0.119. The molecule has 0 saturated heterocycles. The van der Waals surface area contributed by atoms with Gasteiger partial charge in [-0.1, -0.05) is 18.2 Å². The number of anilines is 1. The molecule has 3 aromatic rings. The van der Waals surface area contributed by atoms with E-state index in [1.807, 2.05) is 18.2 Å². The number of aromatic nitrogens is 2. The van der Waals surface area contributed by atoms with Crippen LogP contribution in [0.15, 0.2) is 54.7 Å². The van der Waals surface area contributed by atoms with Gasteiger partial charge in [-0.25, -0.2) is 4.98 Å². The lowest BCUT2D eigenvalue weighted by atomic mass is 10.2. The molecule has 3 rings (SSSR count). The van der Waals surface area contributed by atoms with Crippen LogP contribution >= 0.6 is 0 Å². The Balaban J connectivity index is 1.75. The summed E-state index contributed by atoms with van der Waals surface area (Å²) in [4.78, 5) is 31.5. The van der Waals surface area contributed by atoms with E-state index in [9.17, 15) is 9.59 Å². The van der Waals surface area contributed by atoms with E-state index in [1.54, 1.807) is 30.3 Å². The third kappa shape index (κ3) is 3.64. The van der Waals surface area contributed by atoms with Gasteiger partial charge in [-0.3, -0.25) is 14.6 Å². The Kier molecular flexibility index (Phi) is 4.33. The number of nitrogens with two attached hydrogens (primary N) is 1. The van der Waals surface area contributed by atoms with Gasteiger partial charge in [0.25, 0.3) is 11.8 Å². The van der Waals surface area contributed by atoms with E-state index >= 15 is 0 Å². The molecule has 7 heteroatoms. The molecule has 3 N–H and O–H groups in total. The lowest BCUT2D eigenvalue weighted by Crippen LogP contribution is -2.20. The highest BCUT2D eigenvalue weighted by molar-refractivity contribution is 6.03. The molecular formula is C17H14N4O3. The molecule has 1 heterocycles. The van der Waals surface area contributed by atoms with Gasteiger partial charge in [-0.15, -0.1) is 0 Å². The van der Waals surface area contributed by atoms with Crippen LogP contribution in [0.1, 0.15) is 10.5 Å². The number of hydrogen-bond donors (Lipinski definition) is 2. The van der Waals surface area contributed by atoms with Crippen LogP contribution in [0.5, 0.6) is 5.75 Å². The maximum atomic E-state index is 12.3. The predicted molar refractivity (Wildman–Crippen MR) is 88.6 cm³/mol. The first kappa shape index (κ1) is 15.4. The Bertz CT molecular complexity index is 911. The van der Waals surface area contributed by atoms with E-state index in [1.165, 1.54) is 6.20 Å². The summed E-state index contributed by atoms with van der Waals surface area (Å²) in [6.45, 7) is -0.229. The van der Waals surface area contributed by atoms with Gasteiger partial charge in [-0.2, -0.15) is 0 Å². The van der Waals surface area contributed by atoms with Gasteiger partial charge in [-0.05, 0) is 24.3 Å². The maximum Gasteiger partial charge on any atom is 0.275 e. The standard InChI is InChI=1S/C17H14N4O3/c18-16(22)10-24-12-5-3-4-11(8-12)20-17(23)15-9-19-13-6-1-2-7-14(13)21-15/h1-9H,10H2,(H2,18,22)(H,20,23). The fraction of sp³-hybridized carbons (Fsp3) is 0.0588. The second-order valence-electron chi connectivity index (χ2n) is 4.98. The number of carbonyl (C=O) groups excluding carboxylic acids is 2. The average molecular weight is 322 g/mol. The summed E-state index contributed by atoms with van der Waals surface area (Å²) in [6, 6.07) is 13.9. The van der Waals surface area contributed by atoms with Crippen LogP contribution in [-0.4, -0.2) is 28.4 Å². The number of fused-ring (bicyclic) bond motifs is 1. The highest BCUT2D eigenvalue weighted by atomic mass is 16.5. The van der Waals surface area contributed by atoms with E-state index in [4.69, 9.17) is 10.5 Å². The molecule has 2 amide bonds. The molecule has 0 atom stereocenters. The normalized spacial score (nSPS) is 10.3. The summed E-state index contributed by atoms with van der Waals surface area (Å²) in [5.74, 6) is -0.535. The summed E-state index contributed by atoms with van der Waals surface area (Å²) < 4.78 is 5.20. The number of para-hydroxylation sites is 2. The van der Waals surface area contributed by atoms with Crippen molar-refractivity contribution < 1.29 is 14.3 Å². The maximum absolute atomic E-state index is 12.3. The molecule has 0 saturated carbocycles. The number of nitrogens with one attached hydrogen (secondary N) is 1. The van der Waals surface area contributed by atoms with Crippen molar-refractivity contribution in [3.63, 3.8) is 0 Å². The topological polar surface area (TPSA) is 107 Å². The number of hydrogen-bond acceptors (Lipinski definition) is 5. The molecule has 0 spiro atoms. The summed E-state index contributed by atoms with van der Waals surface area (Å²) >= 11 is 0. The van der Waals surface area contributed by atoms with Gasteiger partial charge in [0.05, 0.1) is 17.2 Å². The van der Waals surface area contributed by atoms with Crippen LogP contribution in [0, 0.1) is 0 Å². The van der Waals surface area contributed by atoms with Crippen molar-refractivity contribution in [1.29, 1.82) is 0 Å². The summed E-state index contributed by atoms with van der Waals surface area (Å²) in [5, 5.41) is 2.71. The number of carbonyl (C=O) groups is 2. The molecule has 2 aromatic carbocycles. The minimum Gasteiger partial charge on any atom is -0.484 e. The van der Waals surface area contributed by atoms with Crippen molar-refractivity contribution in [2.75, 3.05) is 11.9 Å². The summed E-state index contributed by atoms with van der Waals surface area (Å²) in [6.07, 6.45) is 1.42. The van der Waals surface area contributed by atoms with Crippen molar-refractivity contribution in [2.45, 2.75) is 0 Å². The Morgan fingerprint density at radius 1 is 1.08 bits per heavy atom. The molecule has 7 nitrogen and oxygen atoms in total. The molecule has 0 fully saturated rings. The second kappa shape index (κ2) is 6.74. The Labute approximate surface area is 137 Å². The summed E-state index contributed by atoms with van der Waals surface area (Å²) in [5.41, 5.74) is 7.11. The molecule has 1 aromatic heterocycles. The molecule has 0 aliphatic carbocycles. The van der Waals surface area contributed by atoms with Crippen molar-refractivity contribution in [3.8, 4) is 5.75 Å². The van der Waals surface area contributed by atoms with Crippen LogP contribution in [0.3, 0.4) is 0 Å². The van der Waals surface area contributed by atoms with E-state index in [2.05, 4.69) is 15.3 Å². The smallest absolute Gasteiger partial charge is 0.275 e. The van der Waals surface area contributed by atoms with E-state index in [0.29, 0.717) is 17.0 Å². The fourth-order valence-electron chi connectivity index (χ4n) is 2.08. The number of primary amides is 1. The first-order valence-corrected chi connectivity index (χ1v) is 7.16. The van der Waals surface area contributed by atoms with Crippen LogP contribution in [-0.2, 0) is 4.79 Å². The minimum atomic E-state index is -0.573. The molecular weight excluding hydrogens is 308 g/mol. The first-order chi connectivity index (χ1) is 11.6. The molecule has 0 unspecified atom stereocenters. The highest BCUT2D eigenvalue weighted by Crippen LogP contribution is 2.18. The Morgan fingerprint density at radius 3 is 2.67 bits per heavy atom. The van der Waals surface area contributed by atoms with Crippen LogP contribution < -0.4 is 15.8 Å². The van der Waals surface area contributed by atoms with E-state index in [0.717, 1.165) is 5.52 Å². The minimum absolute atomic E-state index is 0.206. The van der Waals surface area contributed by atoms with Gasteiger partial charge in [0.15, 0.2) is 6.61 Å². The number of rotatable bonds is 5. The predicted octanol–water partition coefficient (Wildman–Crippen LogP) is 1.75. The van der Waals surface area contributed by atoms with Gasteiger partial charge >= 0.3 is 0 Å². The van der Waals surface area contributed by atoms with Crippen molar-refractivity contribution in [3.05, 3.63) is 60.4 Å². The van der Waals surface area contributed by atoms with Crippen molar-refractivity contribution in [1.82, 2.24) is 9.97 Å². The zero-order valence-corrected chi connectivity index (χ0v) is 12.6. The van der Waals surface area contributed by atoms with Crippen LogP contribution in [0.4, 0.5) is 5.69 Å². The van der Waals surface area contributed by atoms with Gasteiger partial charge in [0.1, 0.15) is 11.4 Å². The molecule has 0 aliphatic heterocycles. The number of ether oxygens (including phenoxy) is 1. The molecule has 0 bridgehead atoms. The van der Waals surface area contributed by atoms with Gasteiger partial charge < -0.3 is 15.8 Å². The average Bonchev–Trinajstić information content (AvgIpc) is 2.60. The lowest BCUT2D eigenvalue weighted by Gasteiger charge is -2.08. The van der Waals surface area contributed by atoms with Crippen molar-refractivity contribution in [2.24, 2.45) is 5.73 Å². The van der Waals surface area contributed by atoms with E-state index in [-0.39, 0.29) is 18.2 Å².